The average Bonchev–Trinajstić information content (AvgIpc) is 2.33. The summed E-state index contributed by atoms with van der Waals surface area (Å²) < 4.78 is 5.26. The van der Waals surface area contributed by atoms with Gasteiger partial charge < -0.3 is 15.8 Å². The van der Waals surface area contributed by atoms with Crippen LogP contribution in [0.3, 0.4) is 0 Å². The van der Waals surface area contributed by atoms with Crippen molar-refractivity contribution in [2.75, 3.05) is 19.7 Å². The summed E-state index contributed by atoms with van der Waals surface area (Å²) >= 11 is 0. The zero-order valence-corrected chi connectivity index (χ0v) is 9.06. The lowest BCUT2D eigenvalue weighted by Crippen LogP contribution is -2.28. The molecular formula is C12H16N2O2. The molecule has 1 rings (SSSR count). The molecule has 0 heterocycles. The van der Waals surface area contributed by atoms with Gasteiger partial charge in [0.15, 0.2) is 6.61 Å². The molecule has 0 fully saturated rings. The highest BCUT2D eigenvalue weighted by Gasteiger charge is 1.99. The molecular weight excluding hydrogens is 204 g/mol. The fraction of sp³-hybridized carbons (Fsp3) is 0.250. The standard InChI is InChI=1S/C12H16N2O2/c13-8-4-5-9-14-12(15)10-16-11-6-2-1-3-7-11/h1-7H,8-10,13H2,(H,14,15)/b5-4+. The van der Waals surface area contributed by atoms with Crippen LogP contribution in [-0.4, -0.2) is 25.6 Å². The molecule has 86 valence electrons. The highest BCUT2D eigenvalue weighted by molar-refractivity contribution is 5.77. The van der Waals surface area contributed by atoms with E-state index < -0.39 is 0 Å². The Morgan fingerprint density at radius 3 is 2.75 bits per heavy atom. The Hall–Kier alpha value is -1.81. The maximum Gasteiger partial charge on any atom is 0.258 e. The van der Waals surface area contributed by atoms with E-state index in [9.17, 15) is 4.79 Å². The minimum Gasteiger partial charge on any atom is -0.484 e. The summed E-state index contributed by atoms with van der Waals surface area (Å²) in [6, 6.07) is 9.22. The minimum absolute atomic E-state index is 0.0283. The molecule has 0 atom stereocenters. The van der Waals surface area contributed by atoms with Crippen LogP contribution in [-0.2, 0) is 4.79 Å². The average molecular weight is 220 g/mol. The fourth-order valence-electron chi connectivity index (χ4n) is 1.07. The molecule has 1 aromatic carbocycles. The van der Waals surface area contributed by atoms with Crippen molar-refractivity contribution < 1.29 is 9.53 Å². The largest absolute Gasteiger partial charge is 0.484 e. The molecule has 0 bridgehead atoms. The Morgan fingerprint density at radius 2 is 2.06 bits per heavy atom. The molecule has 0 radical (unpaired) electrons. The van der Waals surface area contributed by atoms with E-state index in [4.69, 9.17) is 10.5 Å². The van der Waals surface area contributed by atoms with Crippen molar-refractivity contribution in [3.05, 3.63) is 42.5 Å². The van der Waals surface area contributed by atoms with E-state index >= 15 is 0 Å². The van der Waals surface area contributed by atoms with Crippen LogP contribution in [0.2, 0.25) is 0 Å². The molecule has 0 aliphatic heterocycles. The van der Waals surface area contributed by atoms with Crippen LogP contribution in [0.25, 0.3) is 0 Å². The van der Waals surface area contributed by atoms with Gasteiger partial charge in [-0.05, 0) is 12.1 Å². The first kappa shape index (κ1) is 12.3. The van der Waals surface area contributed by atoms with E-state index in [0.717, 1.165) is 0 Å². The molecule has 0 aliphatic rings. The SMILES string of the molecule is NC/C=C/CNC(=O)COc1ccccc1. The second-order valence-corrected chi connectivity index (χ2v) is 3.11. The van der Waals surface area contributed by atoms with E-state index in [1.807, 2.05) is 30.3 Å². The number of nitrogens with one attached hydrogen (secondary N) is 1. The van der Waals surface area contributed by atoms with Crippen LogP contribution in [0.4, 0.5) is 0 Å². The van der Waals surface area contributed by atoms with Crippen LogP contribution < -0.4 is 15.8 Å². The topological polar surface area (TPSA) is 64.3 Å². The Bertz CT molecular complexity index is 336. The Morgan fingerprint density at radius 1 is 1.31 bits per heavy atom. The Labute approximate surface area is 95.1 Å². The van der Waals surface area contributed by atoms with Gasteiger partial charge in [-0.3, -0.25) is 4.79 Å². The maximum absolute atomic E-state index is 11.3. The van der Waals surface area contributed by atoms with Crippen molar-refractivity contribution >= 4 is 5.91 Å². The van der Waals surface area contributed by atoms with Crippen LogP contribution in [0.15, 0.2) is 42.5 Å². The van der Waals surface area contributed by atoms with Crippen molar-refractivity contribution in [3.8, 4) is 5.75 Å². The number of carbonyl (C=O) groups excluding carboxylic acids is 1. The van der Waals surface area contributed by atoms with Gasteiger partial charge in [0.2, 0.25) is 0 Å². The van der Waals surface area contributed by atoms with Crippen molar-refractivity contribution in [1.29, 1.82) is 0 Å². The van der Waals surface area contributed by atoms with Gasteiger partial charge in [0.05, 0.1) is 0 Å². The normalized spacial score (nSPS) is 10.3. The van der Waals surface area contributed by atoms with E-state index in [-0.39, 0.29) is 12.5 Å². The Kier molecular flexibility index (Phi) is 5.73. The number of rotatable bonds is 6. The second kappa shape index (κ2) is 7.48. The summed E-state index contributed by atoms with van der Waals surface area (Å²) in [6.45, 7) is 0.991. The van der Waals surface area contributed by atoms with Gasteiger partial charge in [-0.1, -0.05) is 30.4 Å². The third-order valence-corrected chi connectivity index (χ3v) is 1.83. The smallest absolute Gasteiger partial charge is 0.258 e. The van der Waals surface area contributed by atoms with Gasteiger partial charge >= 0.3 is 0 Å². The lowest BCUT2D eigenvalue weighted by molar-refractivity contribution is -0.122. The number of ether oxygens (including phenoxy) is 1. The second-order valence-electron chi connectivity index (χ2n) is 3.11. The fourth-order valence-corrected chi connectivity index (χ4v) is 1.07. The molecule has 0 unspecified atom stereocenters. The van der Waals surface area contributed by atoms with Gasteiger partial charge in [-0.2, -0.15) is 0 Å². The summed E-state index contributed by atoms with van der Waals surface area (Å²) in [7, 11) is 0. The van der Waals surface area contributed by atoms with Crippen LogP contribution in [0, 0.1) is 0 Å². The molecule has 0 aliphatic carbocycles. The zero-order valence-electron chi connectivity index (χ0n) is 9.06. The molecule has 0 saturated carbocycles. The molecule has 0 saturated heterocycles. The van der Waals surface area contributed by atoms with E-state index in [1.54, 1.807) is 12.2 Å². The van der Waals surface area contributed by atoms with Gasteiger partial charge in [-0.25, -0.2) is 0 Å². The van der Waals surface area contributed by atoms with E-state index in [2.05, 4.69) is 5.32 Å². The molecule has 1 amide bonds. The summed E-state index contributed by atoms with van der Waals surface area (Å²) in [5, 5.41) is 2.68. The minimum atomic E-state index is -0.148. The molecule has 3 N–H and O–H groups in total. The summed E-state index contributed by atoms with van der Waals surface area (Å²) in [4.78, 5) is 11.3. The number of hydrogen-bond acceptors (Lipinski definition) is 3. The van der Waals surface area contributed by atoms with Crippen molar-refractivity contribution in [3.63, 3.8) is 0 Å². The van der Waals surface area contributed by atoms with Crippen molar-refractivity contribution in [2.24, 2.45) is 5.73 Å². The highest BCUT2D eigenvalue weighted by atomic mass is 16.5. The summed E-state index contributed by atoms with van der Waals surface area (Å²) in [5.74, 6) is 0.542. The number of hydrogen-bond donors (Lipinski definition) is 2. The predicted molar refractivity (Wildman–Crippen MR) is 63.1 cm³/mol. The maximum atomic E-state index is 11.3. The van der Waals surface area contributed by atoms with Gasteiger partial charge in [0, 0.05) is 13.1 Å². The number of carbonyl (C=O) groups is 1. The van der Waals surface area contributed by atoms with Gasteiger partial charge in [-0.15, -0.1) is 0 Å². The van der Waals surface area contributed by atoms with Crippen molar-refractivity contribution in [1.82, 2.24) is 5.32 Å². The molecule has 4 nitrogen and oxygen atoms in total. The van der Waals surface area contributed by atoms with E-state index in [0.29, 0.717) is 18.8 Å². The Balaban J connectivity index is 2.18. The zero-order chi connectivity index (χ0) is 11.6. The van der Waals surface area contributed by atoms with Gasteiger partial charge in [0.1, 0.15) is 5.75 Å². The predicted octanol–water partition coefficient (Wildman–Crippen LogP) is 0.696. The quantitative estimate of drug-likeness (QED) is 0.693. The first-order chi connectivity index (χ1) is 7.83. The van der Waals surface area contributed by atoms with Crippen molar-refractivity contribution in [2.45, 2.75) is 0 Å². The van der Waals surface area contributed by atoms with Gasteiger partial charge in [0.25, 0.3) is 5.91 Å². The third kappa shape index (κ3) is 5.17. The van der Waals surface area contributed by atoms with Crippen LogP contribution in [0.1, 0.15) is 0 Å². The van der Waals surface area contributed by atoms with Crippen LogP contribution >= 0.6 is 0 Å². The molecule has 0 spiro atoms. The molecule has 4 heteroatoms. The van der Waals surface area contributed by atoms with Crippen LogP contribution in [0.5, 0.6) is 5.75 Å². The number of nitrogens with two attached hydrogens (primary N) is 1. The number of amides is 1. The lowest BCUT2D eigenvalue weighted by atomic mass is 10.3. The molecule has 1 aromatic rings. The molecule has 0 aromatic heterocycles. The molecule has 16 heavy (non-hydrogen) atoms. The first-order valence-electron chi connectivity index (χ1n) is 5.12. The number of benzene rings is 1. The first-order valence-corrected chi connectivity index (χ1v) is 5.12. The highest BCUT2D eigenvalue weighted by Crippen LogP contribution is 2.07. The summed E-state index contributed by atoms with van der Waals surface area (Å²) in [5.41, 5.74) is 5.26. The lowest BCUT2D eigenvalue weighted by Gasteiger charge is -2.05. The third-order valence-electron chi connectivity index (χ3n) is 1.83. The monoisotopic (exact) mass is 220 g/mol. The summed E-state index contributed by atoms with van der Waals surface area (Å²) in [6.07, 6.45) is 3.60. The van der Waals surface area contributed by atoms with E-state index in [1.165, 1.54) is 0 Å². The number of para-hydroxylation sites is 1.